The highest BCUT2D eigenvalue weighted by Gasteiger charge is 2.23. The normalized spacial score (nSPS) is 11.8. The lowest BCUT2D eigenvalue weighted by Crippen LogP contribution is -1.95. The van der Waals surface area contributed by atoms with Gasteiger partial charge in [-0.3, -0.25) is 0 Å². The second-order valence-electron chi connectivity index (χ2n) is 13.9. The van der Waals surface area contributed by atoms with Gasteiger partial charge in [-0.1, -0.05) is 182 Å². The highest BCUT2D eigenvalue weighted by molar-refractivity contribution is 6.30. The zero-order valence-corrected chi connectivity index (χ0v) is 28.9. The van der Waals surface area contributed by atoms with E-state index in [4.69, 9.17) is 4.42 Å². The van der Waals surface area contributed by atoms with Crippen molar-refractivity contribution in [3.05, 3.63) is 194 Å². The van der Waals surface area contributed by atoms with Crippen LogP contribution < -0.4 is 0 Å². The second-order valence-corrected chi connectivity index (χ2v) is 13.9. The zero-order chi connectivity index (χ0) is 34.9. The smallest absolute Gasteiger partial charge is 0.136 e. The van der Waals surface area contributed by atoms with Crippen LogP contribution in [0.15, 0.2) is 199 Å². The minimum absolute atomic E-state index is 0.914. The molecule has 1 heterocycles. The molecule has 1 nitrogen and oxygen atoms in total. The van der Waals surface area contributed by atoms with Crippen LogP contribution in [0.25, 0.3) is 110 Å². The highest BCUT2D eigenvalue weighted by atomic mass is 16.3. The predicted molar refractivity (Wildman–Crippen MR) is 225 cm³/mol. The largest absolute Gasteiger partial charge is 0.456 e. The lowest BCUT2D eigenvalue weighted by Gasteiger charge is -2.22. The third-order valence-electron chi connectivity index (χ3n) is 11.1. The maximum absolute atomic E-state index is 6.51. The summed E-state index contributed by atoms with van der Waals surface area (Å²) in [5.74, 6) is 0. The van der Waals surface area contributed by atoms with Gasteiger partial charge in [-0.15, -0.1) is 0 Å². The van der Waals surface area contributed by atoms with Crippen LogP contribution in [0.2, 0.25) is 0 Å². The van der Waals surface area contributed by atoms with E-state index in [-0.39, 0.29) is 0 Å². The molecule has 246 valence electrons. The molecule has 0 bridgehead atoms. The Hall–Kier alpha value is -6.96. The molecule has 0 aliphatic rings. The van der Waals surface area contributed by atoms with Gasteiger partial charge < -0.3 is 4.42 Å². The number of benzene rings is 10. The molecule has 11 rings (SSSR count). The van der Waals surface area contributed by atoms with E-state index in [1.165, 1.54) is 98.4 Å². The average molecular weight is 673 g/mol. The first-order valence-corrected chi connectivity index (χ1v) is 18.3. The summed E-state index contributed by atoms with van der Waals surface area (Å²) in [6, 6.07) is 70.5. The van der Waals surface area contributed by atoms with Crippen molar-refractivity contribution in [1.82, 2.24) is 0 Å². The van der Waals surface area contributed by atoms with E-state index in [0.29, 0.717) is 0 Å². The summed E-state index contributed by atoms with van der Waals surface area (Å²) >= 11 is 0. The molecule has 1 aromatic heterocycles. The summed E-state index contributed by atoms with van der Waals surface area (Å²) in [5, 5.41) is 12.1. The fourth-order valence-electron chi connectivity index (χ4n) is 8.84. The number of rotatable bonds is 4. The standard InChI is InChI=1S/C52H32O/c1-3-15-33(16-4-1)36-25-13-26-37(34-17-5-2-6-18-34)49(36)50-44-23-11-9-21-42(44)48(43-22-10-12-24-45(43)50)40-27-14-28-41-39(40)30-32-47-52(41)51-38-20-8-7-19-35(38)29-31-46(51)53-47/h1-32H. The van der Waals surface area contributed by atoms with Crippen LogP contribution in [0.1, 0.15) is 0 Å². The molecule has 0 saturated carbocycles. The summed E-state index contributed by atoms with van der Waals surface area (Å²) in [5.41, 5.74) is 11.7. The van der Waals surface area contributed by atoms with Crippen LogP contribution >= 0.6 is 0 Å². The average Bonchev–Trinajstić information content (AvgIpc) is 3.63. The molecule has 0 radical (unpaired) electrons. The molecule has 1 heteroatoms. The van der Waals surface area contributed by atoms with Crippen LogP contribution in [-0.4, -0.2) is 0 Å². The number of hydrogen-bond donors (Lipinski definition) is 0. The lowest BCUT2D eigenvalue weighted by molar-refractivity contribution is 0.669. The van der Waals surface area contributed by atoms with Crippen molar-refractivity contribution in [2.45, 2.75) is 0 Å². The number of hydrogen-bond acceptors (Lipinski definition) is 1. The number of fused-ring (bicyclic) bond motifs is 9. The van der Waals surface area contributed by atoms with Crippen molar-refractivity contribution in [2.75, 3.05) is 0 Å². The van der Waals surface area contributed by atoms with Crippen molar-refractivity contribution < 1.29 is 4.42 Å². The highest BCUT2D eigenvalue weighted by Crippen LogP contribution is 2.50. The maximum atomic E-state index is 6.51. The molecule has 11 aromatic rings. The van der Waals surface area contributed by atoms with Crippen molar-refractivity contribution in [3.63, 3.8) is 0 Å². The Morgan fingerprint density at radius 3 is 1.32 bits per heavy atom. The summed E-state index contributed by atoms with van der Waals surface area (Å²) in [6.45, 7) is 0. The Balaban J connectivity index is 1.28. The summed E-state index contributed by atoms with van der Waals surface area (Å²) in [4.78, 5) is 0. The molecular formula is C52H32O. The lowest BCUT2D eigenvalue weighted by atomic mass is 9.80. The molecule has 0 unspecified atom stereocenters. The predicted octanol–water partition coefficient (Wildman–Crippen LogP) is 14.9. The molecule has 0 saturated heterocycles. The SMILES string of the molecule is c1ccc(-c2cccc(-c3ccccc3)c2-c2c3ccccc3c(-c3cccc4c3ccc3oc5ccc6ccccc6c5c34)c3ccccc23)cc1. The van der Waals surface area contributed by atoms with Crippen molar-refractivity contribution in [3.8, 4) is 44.5 Å². The topological polar surface area (TPSA) is 13.1 Å². The van der Waals surface area contributed by atoms with E-state index < -0.39 is 0 Å². The minimum Gasteiger partial charge on any atom is -0.456 e. The van der Waals surface area contributed by atoms with Crippen molar-refractivity contribution in [2.24, 2.45) is 0 Å². The molecule has 0 spiro atoms. The van der Waals surface area contributed by atoms with E-state index in [2.05, 4.69) is 194 Å². The fourth-order valence-corrected chi connectivity index (χ4v) is 8.84. The Kier molecular flexibility index (Phi) is 6.62. The second kappa shape index (κ2) is 11.8. The molecule has 0 aliphatic carbocycles. The first kappa shape index (κ1) is 29.7. The fraction of sp³-hybridized carbons (Fsp3) is 0. The van der Waals surface area contributed by atoms with Gasteiger partial charge in [0.2, 0.25) is 0 Å². The van der Waals surface area contributed by atoms with Gasteiger partial charge in [-0.05, 0) is 99.7 Å². The van der Waals surface area contributed by atoms with Crippen LogP contribution in [0, 0.1) is 0 Å². The summed E-state index contributed by atoms with van der Waals surface area (Å²) < 4.78 is 6.51. The molecule has 53 heavy (non-hydrogen) atoms. The van der Waals surface area contributed by atoms with E-state index in [1.54, 1.807) is 0 Å². The quantitative estimate of drug-likeness (QED) is 0.170. The van der Waals surface area contributed by atoms with Crippen LogP contribution in [-0.2, 0) is 0 Å². The molecule has 0 N–H and O–H groups in total. The third kappa shape index (κ3) is 4.51. The third-order valence-corrected chi connectivity index (χ3v) is 11.1. The molecule has 0 aliphatic heterocycles. The van der Waals surface area contributed by atoms with Crippen LogP contribution in [0.3, 0.4) is 0 Å². The number of furan rings is 1. The monoisotopic (exact) mass is 672 g/mol. The van der Waals surface area contributed by atoms with E-state index in [1.807, 2.05) is 0 Å². The van der Waals surface area contributed by atoms with Crippen molar-refractivity contribution in [1.29, 1.82) is 0 Å². The maximum Gasteiger partial charge on any atom is 0.136 e. The van der Waals surface area contributed by atoms with E-state index >= 15 is 0 Å². The molecule has 0 atom stereocenters. The Morgan fingerprint density at radius 1 is 0.245 bits per heavy atom. The Morgan fingerprint density at radius 2 is 0.698 bits per heavy atom. The van der Waals surface area contributed by atoms with Gasteiger partial charge in [-0.2, -0.15) is 0 Å². The van der Waals surface area contributed by atoms with Gasteiger partial charge in [-0.25, -0.2) is 0 Å². The zero-order valence-electron chi connectivity index (χ0n) is 28.9. The first-order chi connectivity index (χ1) is 26.3. The van der Waals surface area contributed by atoms with Gasteiger partial charge in [0.05, 0.1) is 0 Å². The van der Waals surface area contributed by atoms with E-state index in [9.17, 15) is 0 Å². The minimum atomic E-state index is 0.914. The molecular weight excluding hydrogens is 641 g/mol. The molecule has 0 fully saturated rings. The van der Waals surface area contributed by atoms with Crippen LogP contribution in [0.5, 0.6) is 0 Å². The van der Waals surface area contributed by atoms with Gasteiger partial charge in [0.25, 0.3) is 0 Å². The van der Waals surface area contributed by atoms with Crippen LogP contribution in [0.4, 0.5) is 0 Å². The Labute approximate surface area is 307 Å². The summed E-state index contributed by atoms with van der Waals surface area (Å²) in [6.07, 6.45) is 0. The van der Waals surface area contributed by atoms with E-state index in [0.717, 1.165) is 11.2 Å². The van der Waals surface area contributed by atoms with Gasteiger partial charge in [0.1, 0.15) is 11.2 Å². The summed E-state index contributed by atoms with van der Waals surface area (Å²) in [7, 11) is 0. The van der Waals surface area contributed by atoms with Gasteiger partial charge in [0.15, 0.2) is 0 Å². The van der Waals surface area contributed by atoms with Crippen molar-refractivity contribution >= 4 is 65.0 Å². The molecule has 10 aromatic carbocycles. The van der Waals surface area contributed by atoms with Gasteiger partial charge >= 0.3 is 0 Å². The van der Waals surface area contributed by atoms with Gasteiger partial charge in [0, 0.05) is 10.8 Å². The molecule has 0 amide bonds. The Bertz CT molecular complexity index is 3090. The first-order valence-electron chi connectivity index (χ1n) is 18.3.